The van der Waals surface area contributed by atoms with Crippen LogP contribution in [0, 0.1) is 5.92 Å². The van der Waals surface area contributed by atoms with Gasteiger partial charge in [0.15, 0.2) is 28.8 Å². The van der Waals surface area contributed by atoms with Crippen LogP contribution in [0.3, 0.4) is 0 Å². The van der Waals surface area contributed by atoms with Gasteiger partial charge in [0.05, 0.1) is 34.9 Å². The molecule has 1 unspecified atom stereocenters. The van der Waals surface area contributed by atoms with Crippen LogP contribution in [-0.2, 0) is 20.9 Å². The Labute approximate surface area is 284 Å². The average molecular weight is 679 g/mol. The third-order valence-corrected chi connectivity index (χ3v) is 9.45. The number of rotatable bonds is 11. The van der Waals surface area contributed by atoms with Crippen LogP contribution in [0.5, 0.6) is 28.7 Å². The second-order valence-corrected chi connectivity index (χ2v) is 12.6. The van der Waals surface area contributed by atoms with Gasteiger partial charge < -0.3 is 33.5 Å². The zero-order chi connectivity index (χ0) is 34.9. The molecule has 3 aromatic rings. The van der Waals surface area contributed by atoms with Crippen molar-refractivity contribution in [1.29, 1.82) is 0 Å². The van der Waals surface area contributed by atoms with Crippen LogP contribution in [0.1, 0.15) is 72.5 Å². The molecular formula is C37H39ClO10. The Hall–Kier alpha value is -4.70. The number of halogens is 1. The van der Waals surface area contributed by atoms with Crippen molar-refractivity contribution < 1.29 is 47.9 Å². The SMILES string of the molecule is COC(=O)CC(C1=C(O)[C@@]2(Oc3c(Cl)c(OC)cc(OC)c3C2=O)[C@H](C)CC1=O)c1ccc(OC)c(OCc2ccc(C(C)C)cc2)c1. The Morgan fingerprint density at radius 3 is 2.19 bits per heavy atom. The van der Waals surface area contributed by atoms with E-state index in [-0.39, 0.29) is 52.9 Å². The van der Waals surface area contributed by atoms with Crippen LogP contribution in [0.4, 0.5) is 0 Å². The van der Waals surface area contributed by atoms with Gasteiger partial charge in [0.1, 0.15) is 28.7 Å². The molecule has 0 radical (unpaired) electrons. The van der Waals surface area contributed by atoms with E-state index in [2.05, 4.69) is 13.8 Å². The summed E-state index contributed by atoms with van der Waals surface area (Å²) in [7, 11) is 5.52. The van der Waals surface area contributed by atoms with Crippen molar-refractivity contribution in [2.45, 2.75) is 57.7 Å². The molecule has 0 saturated carbocycles. The molecule has 1 spiro atoms. The minimum atomic E-state index is -2.02. The van der Waals surface area contributed by atoms with Crippen molar-refractivity contribution in [2.75, 3.05) is 28.4 Å². The lowest BCUT2D eigenvalue weighted by Crippen LogP contribution is -2.53. The molecule has 2 aliphatic rings. The average Bonchev–Trinajstić information content (AvgIpc) is 3.40. The van der Waals surface area contributed by atoms with Gasteiger partial charge in [0.25, 0.3) is 0 Å². The highest BCUT2D eigenvalue weighted by Crippen LogP contribution is 2.56. The van der Waals surface area contributed by atoms with Crippen LogP contribution in [0.15, 0.2) is 59.9 Å². The predicted octanol–water partition coefficient (Wildman–Crippen LogP) is 7.15. The molecule has 11 heteroatoms. The quantitative estimate of drug-likeness (QED) is 0.209. The maximum Gasteiger partial charge on any atom is 0.306 e. The molecular weight excluding hydrogens is 640 g/mol. The Bertz CT molecular complexity index is 1780. The molecule has 1 N–H and O–H groups in total. The Morgan fingerprint density at radius 1 is 0.938 bits per heavy atom. The zero-order valence-corrected chi connectivity index (χ0v) is 28.7. The van der Waals surface area contributed by atoms with E-state index in [4.69, 9.17) is 40.0 Å². The topological polar surface area (TPSA) is 127 Å². The highest BCUT2D eigenvalue weighted by molar-refractivity contribution is 6.35. The summed E-state index contributed by atoms with van der Waals surface area (Å²) in [6.07, 6.45) is -0.493. The summed E-state index contributed by atoms with van der Waals surface area (Å²) in [6, 6.07) is 14.5. The van der Waals surface area contributed by atoms with Gasteiger partial charge in [-0.25, -0.2) is 0 Å². The molecule has 0 fully saturated rings. The molecule has 1 aliphatic heterocycles. The van der Waals surface area contributed by atoms with Gasteiger partial charge in [-0.15, -0.1) is 0 Å². The number of aliphatic hydroxyl groups excluding tert-OH is 1. The predicted molar refractivity (Wildman–Crippen MR) is 178 cm³/mol. The van der Waals surface area contributed by atoms with Crippen molar-refractivity contribution in [3.8, 4) is 28.7 Å². The van der Waals surface area contributed by atoms with Crippen LogP contribution in [-0.4, -0.2) is 56.7 Å². The number of hydrogen-bond donors (Lipinski definition) is 1. The number of Topliss-reactive ketones (excluding diaryl/α,β-unsaturated/α-hetero) is 2. The lowest BCUT2D eigenvalue weighted by molar-refractivity contribution is -0.140. The number of allylic oxidation sites excluding steroid dienone is 1. The van der Waals surface area contributed by atoms with Crippen LogP contribution >= 0.6 is 11.6 Å². The molecule has 1 aliphatic carbocycles. The van der Waals surface area contributed by atoms with Gasteiger partial charge >= 0.3 is 5.97 Å². The first-order chi connectivity index (χ1) is 22.9. The second kappa shape index (κ2) is 13.8. The molecule has 5 rings (SSSR count). The van der Waals surface area contributed by atoms with Gasteiger partial charge in [0, 0.05) is 29.9 Å². The minimum absolute atomic E-state index is 0.0128. The summed E-state index contributed by atoms with van der Waals surface area (Å²) in [4.78, 5) is 41.0. The maximum absolute atomic E-state index is 14.3. The summed E-state index contributed by atoms with van der Waals surface area (Å²) in [6.45, 7) is 6.10. The summed E-state index contributed by atoms with van der Waals surface area (Å²) < 4.78 is 33.9. The molecule has 48 heavy (non-hydrogen) atoms. The molecule has 3 aromatic carbocycles. The zero-order valence-electron chi connectivity index (χ0n) is 28.0. The van der Waals surface area contributed by atoms with Crippen molar-refractivity contribution >= 4 is 29.1 Å². The molecule has 0 bridgehead atoms. The third kappa shape index (κ3) is 5.94. The molecule has 0 aromatic heterocycles. The fourth-order valence-corrected chi connectivity index (χ4v) is 6.62. The van der Waals surface area contributed by atoms with Crippen molar-refractivity contribution in [2.24, 2.45) is 5.92 Å². The van der Waals surface area contributed by atoms with E-state index in [0.29, 0.717) is 23.0 Å². The number of carbonyl (C=O) groups excluding carboxylic acids is 3. The number of aliphatic hydroxyl groups is 1. The van der Waals surface area contributed by atoms with Gasteiger partial charge in [-0.2, -0.15) is 0 Å². The Morgan fingerprint density at radius 2 is 1.58 bits per heavy atom. The van der Waals surface area contributed by atoms with E-state index < -0.39 is 40.7 Å². The largest absolute Gasteiger partial charge is 0.507 e. The lowest BCUT2D eigenvalue weighted by Gasteiger charge is -2.38. The van der Waals surface area contributed by atoms with Gasteiger partial charge in [-0.1, -0.05) is 62.7 Å². The highest BCUT2D eigenvalue weighted by atomic mass is 35.5. The molecule has 0 saturated heterocycles. The summed E-state index contributed by atoms with van der Waals surface area (Å²) in [5.74, 6) is -2.71. The van der Waals surface area contributed by atoms with Gasteiger partial charge in [-0.05, 0) is 34.7 Å². The van der Waals surface area contributed by atoms with E-state index in [1.165, 1.54) is 40.1 Å². The van der Waals surface area contributed by atoms with Gasteiger partial charge in [0.2, 0.25) is 11.4 Å². The lowest BCUT2D eigenvalue weighted by atomic mass is 9.69. The minimum Gasteiger partial charge on any atom is -0.507 e. The monoisotopic (exact) mass is 678 g/mol. The Balaban J connectivity index is 1.61. The number of esters is 1. The second-order valence-electron chi connectivity index (χ2n) is 12.2. The van der Waals surface area contributed by atoms with Gasteiger partial charge in [-0.3, -0.25) is 14.4 Å². The third-order valence-electron chi connectivity index (χ3n) is 9.09. The van der Waals surface area contributed by atoms with E-state index in [9.17, 15) is 19.5 Å². The summed E-state index contributed by atoms with van der Waals surface area (Å²) in [5, 5.41) is 12.1. The molecule has 10 nitrogen and oxygen atoms in total. The number of fused-ring (bicyclic) bond motifs is 1. The number of carbonyl (C=O) groups is 3. The smallest absolute Gasteiger partial charge is 0.306 e. The van der Waals surface area contributed by atoms with E-state index in [1.54, 1.807) is 25.1 Å². The molecule has 3 atom stereocenters. The van der Waals surface area contributed by atoms with E-state index in [0.717, 1.165) is 5.56 Å². The summed E-state index contributed by atoms with van der Waals surface area (Å²) in [5.41, 5.74) is 0.430. The Kier molecular flexibility index (Phi) is 9.96. The standard InChI is InChI=1S/C37H39ClO10/c1-19(2)22-10-8-21(9-11-22)18-47-27-15-23(12-13-26(27)43-4)24(16-30(40)46-7)31-25(39)14-20(3)37(35(31)41)36(42)32-28(44-5)17-29(45-6)33(38)34(32)48-37/h8-13,15,17,19-20,24,41H,14,16,18H2,1-7H3/t20-,24?,37+/m1/s1. The number of benzene rings is 3. The van der Waals surface area contributed by atoms with E-state index >= 15 is 0 Å². The fraction of sp³-hybridized carbons (Fsp3) is 0.378. The normalized spacial score (nSPS) is 19.2. The number of ether oxygens (including phenoxy) is 6. The maximum atomic E-state index is 14.3. The molecule has 0 amide bonds. The van der Waals surface area contributed by atoms with Crippen molar-refractivity contribution in [3.63, 3.8) is 0 Å². The van der Waals surface area contributed by atoms with Crippen LogP contribution < -0.4 is 23.7 Å². The first kappa shape index (κ1) is 34.6. The number of hydrogen-bond acceptors (Lipinski definition) is 10. The molecule has 1 heterocycles. The first-order valence-corrected chi connectivity index (χ1v) is 15.9. The summed E-state index contributed by atoms with van der Waals surface area (Å²) >= 11 is 6.59. The fourth-order valence-electron chi connectivity index (χ4n) is 6.36. The van der Waals surface area contributed by atoms with E-state index in [1.807, 2.05) is 24.3 Å². The highest BCUT2D eigenvalue weighted by Gasteiger charge is 2.61. The number of ketones is 2. The molecule has 254 valence electrons. The van der Waals surface area contributed by atoms with Crippen molar-refractivity contribution in [1.82, 2.24) is 0 Å². The van der Waals surface area contributed by atoms with Crippen molar-refractivity contribution in [3.05, 3.63) is 87.1 Å². The van der Waals surface area contributed by atoms with Crippen LogP contribution in [0.2, 0.25) is 5.02 Å². The number of methoxy groups -OCH3 is 4. The first-order valence-electron chi connectivity index (χ1n) is 15.5. The van der Waals surface area contributed by atoms with Crippen LogP contribution in [0.25, 0.3) is 0 Å².